The molecule has 4 N–H and O–H groups in total. The van der Waals surface area contributed by atoms with Crippen LogP contribution in [0.15, 0.2) is 0 Å². The van der Waals surface area contributed by atoms with Crippen LogP contribution in [0.3, 0.4) is 0 Å². The second-order valence-electron chi connectivity index (χ2n) is 4.13. The first kappa shape index (κ1) is 18.0. The van der Waals surface area contributed by atoms with Crippen molar-refractivity contribution in [1.29, 1.82) is 0 Å². The summed E-state index contributed by atoms with van der Waals surface area (Å²) in [4.78, 5) is 33.6. The van der Waals surface area contributed by atoms with Crippen molar-refractivity contribution in [1.82, 2.24) is 10.2 Å². The number of primary amides is 1. The Bertz CT molecular complexity index is 373. The van der Waals surface area contributed by atoms with Gasteiger partial charge in [0, 0.05) is 20.0 Å². The number of urea groups is 1. The Hall–Kier alpha value is -2.00. The topological polar surface area (TPSA) is 113 Å². The number of nitrogens with one attached hydrogen (secondary N) is 1. The van der Waals surface area contributed by atoms with Gasteiger partial charge >= 0.3 is 18.2 Å². The van der Waals surface area contributed by atoms with E-state index in [4.69, 9.17) is 10.8 Å². The van der Waals surface area contributed by atoms with Gasteiger partial charge in [-0.25, -0.2) is 9.59 Å². The molecule has 0 heterocycles. The number of nitrogens with two attached hydrogens (primary N) is 1. The molecule has 0 saturated carbocycles. The summed E-state index contributed by atoms with van der Waals surface area (Å²) in [5.41, 5.74) is 4.85. The SMILES string of the molecule is CN(CCC(F)(F)F)C(=O)NC(CCC(N)=O)C(=O)O. The van der Waals surface area contributed by atoms with Crippen LogP contribution < -0.4 is 11.1 Å². The molecule has 0 aromatic heterocycles. The summed E-state index contributed by atoms with van der Waals surface area (Å²) < 4.78 is 35.9. The van der Waals surface area contributed by atoms with Crippen molar-refractivity contribution >= 4 is 17.9 Å². The van der Waals surface area contributed by atoms with E-state index in [2.05, 4.69) is 0 Å². The van der Waals surface area contributed by atoms with Crippen LogP contribution >= 0.6 is 0 Å². The summed E-state index contributed by atoms with van der Waals surface area (Å²) in [7, 11) is 1.11. The molecule has 20 heavy (non-hydrogen) atoms. The molecule has 0 aliphatic rings. The van der Waals surface area contributed by atoms with E-state index in [-0.39, 0.29) is 12.8 Å². The number of halogens is 3. The maximum absolute atomic E-state index is 12.0. The van der Waals surface area contributed by atoms with Crippen LogP contribution in [0.2, 0.25) is 0 Å². The van der Waals surface area contributed by atoms with Crippen LogP contribution in [0, 0.1) is 0 Å². The minimum absolute atomic E-state index is 0.233. The van der Waals surface area contributed by atoms with E-state index < -0.39 is 43.1 Å². The van der Waals surface area contributed by atoms with Crippen LogP contribution in [-0.4, -0.2) is 53.7 Å². The lowest BCUT2D eigenvalue weighted by Crippen LogP contribution is -2.47. The third kappa shape index (κ3) is 8.16. The molecular formula is C10H16F3N3O4. The quantitative estimate of drug-likeness (QED) is 0.627. The number of hydrogen-bond donors (Lipinski definition) is 3. The number of carbonyl (C=O) groups is 3. The van der Waals surface area contributed by atoms with Crippen molar-refractivity contribution < 1.29 is 32.7 Å². The predicted octanol–water partition coefficient (Wildman–Crippen LogP) is 0.299. The van der Waals surface area contributed by atoms with E-state index in [1.54, 1.807) is 0 Å². The number of hydrogen-bond acceptors (Lipinski definition) is 3. The standard InChI is InChI=1S/C10H16F3N3O4/c1-16(5-4-10(11,12)13)9(20)15-6(8(18)19)2-3-7(14)17/h6H,2-5H2,1H3,(H2,14,17)(H,15,20)(H,18,19). The lowest BCUT2D eigenvalue weighted by Gasteiger charge is -2.21. The lowest BCUT2D eigenvalue weighted by molar-refractivity contribution is -0.140. The summed E-state index contributed by atoms with van der Waals surface area (Å²) in [5, 5.41) is 10.8. The van der Waals surface area contributed by atoms with Gasteiger partial charge in [-0.3, -0.25) is 4.79 Å². The molecule has 0 rings (SSSR count). The molecular weight excluding hydrogens is 283 g/mol. The van der Waals surface area contributed by atoms with Crippen LogP contribution in [0.5, 0.6) is 0 Å². The summed E-state index contributed by atoms with van der Waals surface area (Å²) in [6.45, 7) is -0.600. The Morgan fingerprint density at radius 1 is 1.35 bits per heavy atom. The van der Waals surface area contributed by atoms with Gasteiger partial charge in [-0.05, 0) is 6.42 Å². The van der Waals surface area contributed by atoms with Gasteiger partial charge in [-0.2, -0.15) is 13.2 Å². The van der Waals surface area contributed by atoms with Crippen molar-refractivity contribution in [3.63, 3.8) is 0 Å². The summed E-state index contributed by atoms with van der Waals surface area (Å²) in [6.07, 6.45) is -6.10. The average Bonchev–Trinajstić information content (AvgIpc) is 2.29. The maximum Gasteiger partial charge on any atom is 0.390 e. The van der Waals surface area contributed by atoms with Crippen LogP contribution in [-0.2, 0) is 9.59 Å². The fourth-order valence-corrected chi connectivity index (χ4v) is 1.20. The number of carbonyl (C=O) groups excluding carboxylic acids is 2. The number of carboxylic acids is 1. The first-order chi connectivity index (χ1) is 9.03. The predicted molar refractivity (Wildman–Crippen MR) is 61.7 cm³/mol. The number of amides is 3. The molecule has 0 aliphatic heterocycles. The summed E-state index contributed by atoms with van der Waals surface area (Å²) in [5.74, 6) is -2.14. The number of alkyl halides is 3. The summed E-state index contributed by atoms with van der Waals surface area (Å²) >= 11 is 0. The van der Waals surface area contributed by atoms with E-state index in [1.807, 2.05) is 5.32 Å². The van der Waals surface area contributed by atoms with Gasteiger partial charge in [0.2, 0.25) is 5.91 Å². The smallest absolute Gasteiger partial charge is 0.390 e. The summed E-state index contributed by atoms with van der Waals surface area (Å²) in [6, 6.07) is -2.35. The highest BCUT2D eigenvalue weighted by atomic mass is 19.4. The van der Waals surface area contributed by atoms with Crippen molar-refractivity contribution in [3.05, 3.63) is 0 Å². The van der Waals surface area contributed by atoms with Crippen LogP contribution in [0.4, 0.5) is 18.0 Å². The number of aliphatic carboxylic acids is 1. The lowest BCUT2D eigenvalue weighted by atomic mass is 10.1. The molecule has 0 aliphatic carbocycles. The van der Waals surface area contributed by atoms with E-state index >= 15 is 0 Å². The second-order valence-corrected chi connectivity index (χ2v) is 4.13. The molecule has 3 amide bonds. The normalized spacial score (nSPS) is 12.6. The van der Waals surface area contributed by atoms with Gasteiger partial charge in [-0.1, -0.05) is 0 Å². The van der Waals surface area contributed by atoms with Crippen LogP contribution in [0.1, 0.15) is 19.3 Å². The Balaban J connectivity index is 4.37. The molecule has 0 bridgehead atoms. The number of rotatable bonds is 7. The van der Waals surface area contributed by atoms with Crippen molar-refractivity contribution in [2.24, 2.45) is 5.73 Å². The van der Waals surface area contributed by atoms with Gasteiger partial charge in [0.05, 0.1) is 6.42 Å². The Morgan fingerprint density at radius 3 is 2.30 bits per heavy atom. The molecule has 0 spiro atoms. The highest BCUT2D eigenvalue weighted by Crippen LogP contribution is 2.19. The first-order valence-electron chi connectivity index (χ1n) is 5.62. The molecule has 116 valence electrons. The molecule has 0 saturated heterocycles. The minimum Gasteiger partial charge on any atom is -0.480 e. The number of nitrogens with zero attached hydrogens (tertiary/aromatic N) is 1. The largest absolute Gasteiger partial charge is 0.480 e. The molecule has 0 aromatic rings. The Morgan fingerprint density at radius 2 is 1.90 bits per heavy atom. The molecule has 10 heteroatoms. The zero-order chi connectivity index (χ0) is 15.9. The number of carboxylic acid groups (broad SMARTS) is 1. The van der Waals surface area contributed by atoms with Gasteiger partial charge in [0.25, 0.3) is 0 Å². The van der Waals surface area contributed by atoms with E-state index in [9.17, 15) is 27.6 Å². The minimum atomic E-state index is -4.41. The van der Waals surface area contributed by atoms with E-state index in [0.717, 1.165) is 7.05 Å². The van der Waals surface area contributed by atoms with E-state index in [0.29, 0.717) is 4.90 Å². The molecule has 0 radical (unpaired) electrons. The average molecular weight is 299 g/mol. The fraction of sp³-hybridized carbons (Fsp3) is 0.700. The van der Waals surface area contributed by atoms with Gasteiger partial charge in [0.1, 0.15) is 6.04 Å². The molecule has 0 aromatic carbocycles. The van der Waals surface area contributed by atoms with Crippen molar-refractivity contribution in [3.8, 4) is 0 Å². The van der Waals surface area contributed by atoms with Gasteiger partial charge in [0.15, 0.2) is 0 Å². The molecule has 1 atom stereocenters. The molecule has 1 unspecified atom stereocenters. The third-order valence-electron chi connectivity index (χ3n) is 2.35. The zero-order valence-electron chi connectivity index (χ0n) is 10.7. The molecule has 0 fully saturated rings. The van der Waals surface area contributed by atoms with E-state index in [1.165, 1.54) is 0 Å². The highest BCUT2D eigenvalue weighted by Gasteiger charge is 2.29. The molecule has 7 nitrogen and oxygen atoms in total. The van der Waals surface area contributed by atoms with Crippen LogP contribution in [0.25, 0.3) is 0 Å². The fourth-order valence-electron chi connectivity index (χ4n) is 1.20. The van der Waals surface area contributed by atoms with Crippen molar-refractivity contribution in [2.45, 2.75) is 31.5 Å². The highest BCUT2D eigenvalue weighted by molar-refractivity contribution is 5.83. The first-order valence-corrected chi connectivity index (χ1v) is 5.62. The van der Waals surface area contributed by atoms with Crippen molar-refractivity contribution in [2.75, 3.05) is 13.6 Å². The Labute approximate surface area is 112 Å². The Kier molecular flexibility index (Phi) is 6.80. The third-order valence-corrected chi connectivity index (χ3v) is 2.35. The van der Waals surface area contributed by atoms with Gasteiger partial charge in [-0.15, -0.1) is 0 Å². The zero-order valence-corrected chi connectivity index (χ0v) is 10.7. The van der Waals surface area contributed by atoms with Gasteiger partial charge < -0.3 is 21.1 Å². The monoisotopic (exact) mass is 299 g/mol. The maximum atomic E-state index is 12.0. The second kappa shape index (κ2) is 7.56.